The van der Waals surface area contributed by atoms with Crippen LogP contribution >= 0.6 is 11.6 Å². The van der Waals surface area contributed by atoms with Crippen molar-refractivity contribution in [2.75, 3.05) is 5.32 Å². The van der Waals surface area contributed by atoms with Gasteiger partial charge in [-0.2, -0.15) is 5.26 Å². The van der Waals surface area contributed by atoms with Crippen molar-refractivity contribution in [1.82, 2.24) is 0 Å². The van der Waals surface area contributed by atoms with Crippen LogP contribution in [0.25, 0.3) is 0 Å². The predicted octanol–water partition coefficient (Wildman–Crippen LogP) is 3.42. The lowest BCUT2D eigenvalue weighted by molar-refractivity contribution is 0.0661. The molecule has 0 bridgehead atoms. The van der Waals surface area contributed by atoms with Gasteiger partial charge in [0, 0.05) is 17.8 Å². The van der Waals surface area contributed by atoms with Gasteiger partial charge in [-0.1, -0.05) is 11.6 Å². The van der Waals surface area contributed by atoms with E-state index in [0.717, 1.165) is 11.3 Å². The van der Waals surface area contributed by atoms with Crippen LogP contribution in [0, 0.1) is 18.3 Å². The van der Waals surface area contributed by atoms with E-state index in [1.54, 1.807) is 25.1 Å². The molecule has 0 atom stereocenters. The number of halogens is 1. The maximum atomic E-state index is 10.8. The molecule has 0 spiro atoms. The Hall–Kier alpha value is -2.45. The smallest absolute Gasteiger partial charge is 0.371 e. The van der Waals surface area contributed by atoms with Gasteiger partial charge in [-0.15, -0.1) is 0 Å². The van der Waals surface area contributed by atoms with Crippen LogP contribution in [0.1, 0.15) is 27.4 Å². The van der Waals surface area contributed by atoms with E-state index < -0.39 is 5.97 Å². The Morgan fingerprint density at radius 1 is 1.50 bits per heavy atom. The first kappa shape index (κ1) is 14.0. The molecule has 0 unspecified atom stereocenters. The minimum absolute atomic E-state index is 0.0860. The van der Waals surface area contributed by atoms with Crippen molar-refractivity contribution in [3.8, 4) is 6.07 Å². The quantitative estimate of drug-likeness (QED) is 0.901. The highest BCUT2D eigenvalue weighted by atomic mass is 35.5. The van der Waals surface area contributed by atoms with E-state index in [1.807, 2.05) is 6.07 Å². The van der Waals surface area contributed by atoms with E-state index in [9.17, 15) is 4.79 Å². The van der Waals surface area contributed by atoms with Gasteiger partial charge in [0.15, 0.2) is 0 Å². The molecule has 0 saturated heterocycles. The monoisotopic (exact) mass is 290 g/mol. The molecule has 6 heteroatoms. The van der Waals surface area contributed by atoms with E-state index in [2.05, 4.69) is 5.32 Å². The van der Waals surface area contributed by atoms with Crippen molar-refractivity contribution < 1.29 is 14.3 Å². The average Bonchev–Trinajstić information content (AvgIpc) is 2.78. The molecule has 0 fully saturated rings. The second-order valence-electron chi connectivity index (χ2n) is 4.16. The largest absolute Gasteiger partial charge is 0.475 e. The van der Waals surface area contributed by atoms with Gasteiger partial charge in [0.1, 0.15) is 11.8 Å². The highest BCUT2D eigenvalue weighted by Crippen LogP contribution is 2.22. The zero-order valence-electron chi connectivity index (χ0n) is 10.6. The van der Waals surface area contributed by atoms with Gasteiger partial charge in [-0.05, 0) is 31.2 Å². The maximum Gasteiger partial charge on any atom is 0.371 e. The third kappa shape index (κ3) is 2.92. The molecule has 0 amide bonds. The van der Waals surface area contributed by atoms with Gasteiger partial charge in [-0.3, -0.25) is 0 Å². The lowest BCUT2D eigenvalue weighted by Gasteiger charge is -2.06. The van der Waals surface area contributed by atoms with Crippen LogP contribution < -0.4 is 5.32 Å². The van der Waals surface area contributed by atoms with Gasteiger partial charge in [-0.25, -0.2) is 4.79 Å². The van der Waals surface area contributed by atoms with Crippen LogP contribution in [-0.4, -0.2) is 11.1 Å². The summed E-state index contributed by atoms with van der Waals surface area (Å²) in [4.78, 5) is 10.8. The van der Waals surface area contributed by atoms with Crippen molar-refractivity contribution in [2.24, 2.45) is 0 Å². The number of nitrogens with zero attached hydrogens (tertiary/aromatic N) is 1. The second kappa shape index (κ2) is 5.68. The summed E-state index contributed by atoms with van der Waals surface area (Å²) in [6.45, 7) is 2.11. The van der Waals surface area contributed by atoms with Gasteiger partial charge in [0.2, 0.25) is 5.76 Å². The number of furan rings is 1. The van der Waals surface area contributed by atoms with E-state index in [1.165, 1.54) is 6.07 Å². The molecule has 2 rings (SSSR count). The fourth-order valence-electron chi connectivity index (χ4n) is 1.71. The Kier molecular flexibility index (Phi) is 3.97. The summed E-state index contributed by atoms with van der Waals surface area (Å²) in [6.07, 6.45) is 0. The number of hydrogen-bond acceptors (Lipinski definition) is 4. The first-order chi connectivity index (χ1) is 9.51. The molecule has 1 aromatic heterocycles. The number of carboxylic acids is 1. The second-order valence-corrected chi connectivity index (χ2v) is 4.56. The van der Waals surface area contributed by atoms with E-state index in [4.69, 9.17) is 26.4 Å². The molecule has 102 valence electrons. The number of aromatic carboxylic acids is 1. The number of carboxylic acid groups (broad SMARTS) is 1. The Balaban J connectivity index is 2.11. The molecule has 0 saturated carbocycles. The molecule has 1 aromatic carbocycles. The zero-order valence-corrected chi connectivity index (χ0v) is 11.4. The van der Waals surface area contributed by atoms with Crippen molar-refractivity contribution in [3.05, 3.63) is 51.9 Å². The Labute approximate surface area is 120 Å². The predicted molar refractivity (Wildman–Crippen MR) is 73.9 cm³/mol. The normalized spacial score (nSPS) is 10.1. The molecule has 0 aliphatic heterocycles. The topological polar surface area (TPSA) is 86.3 Å². The Morgan fingerprint density at radius 2 is 2.25 bits per heavy atom. The van der Waals surface area contributed by atoms with Crippen LogP contribution in [0.15, 0.2) is 28.7 Å². The fraction of sp³-hybridized carbons (Fsp3) is 0.143. The molecule has 1 heterocycles. The number of carbonyl (C=O) groups is 1. The lowest BCUT2D eigenvalue weighted by atomic mass is 10.2. The summed E-state index contributed by atoms with van der Waals surface area (Å²) in [5.41, 5.74) is 1.90. The summed E-state index contributed by atoms with van der Waals surface area (Å²) in [5, 5.41) is 21.1. The number of nitrogens with one attached hydrogen (secondary N) is 1. The standard InChI is InChI=1S/C14H11ClN2O3/c1-8-10(4-13(20-8)14(18)19)7-17-11-3-2-9(6-16)12(15)5-11/h2-5,17H,7H2,1H3,(H,18,19). The summed E-state index contributed by atoms with van der Waals surface area (Å²) in [6, 6.07) is 8.46. The fourth-order valence-corrected chi connectivity index (χ4v) is 1.94. The molecular weight excluding hydrogens is 280 g/mol. The molecule has 0 aliphatic rings. The minimum Gasteiger partial charge on any atom is -0.475 e. The van der Waals surface area contributed by atoms with Gasteiger partial charge >= 0.3 is 5.97 Å². The highest BCUT2D eigenvalue weighted by molar-refractivity contribution is 6.32. The maximum absolute atomic E-state index is 10.8. The highest BCUT2D eigenvalue weighted by Gasteiger charge is 2.12. The lowest BCUT2D eigenvalue weighted by Crippen LogP contribution is -2.00. The van der Waals surface area contributed by atoms with Crippen molar-refractivity contribution in [1.29, 1.82) is 5.26 Å². The van der Waals surface area contributed by atoms with E-state index >= 15 is 0 Å². The van der Waals surface area contributed by atoms with Crippen molar-refractivity contribution >= 4 is 23.3 Å². The first-order valence-electron chi connectivity index (χ1n) is 5.77. The molecule has 5 nitrogen and oxygen atoms in total. The van der Waals surface area contributed by atoms with Gasteiger partial charge in [0.25, 0.3) is 0 Å². The molecular formula is C14H11ClN2O3. The van der Waals surface area contributed by atoms with E-state index in [0.29, 0.717) is 22.9 Å². The van der Waals surface area contributed by atoms with Crippen molar-refractivity contribution in [2.45, 2.75) is 13.5 Å². The van der Waals surface area contributed by atoms with Crippen molar-refractivity contribution in [3.63, 3.8) is 0 Å². The Morgan fingerprint density at radius 3 is 2.80 bits per heavy atom. The average molecular weight is 291 g/mol. The molecule has 0 aliphatic carbocycles. The van der Waals surface area contributed by atoms with Crippen LogP contribution in [0.3, 0.4) is 0 Å². The van der Waals surface area contributed by atoms with Crippen LogP contribution in [0.2, 0.25) is 5.02 Å². The van der Waals surface area contributed by atoms with Gasteiger partial charge < -0.3 is 14.8 Å². The number of rotatable bonds is 4. The third-order valence-electron chi connectivity index (χ3n) is 2.80. The Bertz CT molecular complexity index is 701. The molecule has 2 N–H and O–H groups in total. The summed E-state index contributed by atoms with van der Waals surface area (Å²) in [7, 11) is 0. The molecule has 2 aromatic rings. The van der Waals surface area contributed by atoms with Gasteiger partial charge in [0.05, 0.1) is 10.6 Å². The number of anilines is 1. The minimum atomic E-state index is -1.10. The summed E-state index contributed by atoms with van der Waals surface area (Å²) < 4.78 is 5.12. The van der Waals surface area contributed by atoms with Crippen LogP contribution in [0.5, 0.6) is 0 Å². The number of benzene rings is 1. The molecule has 0 radical (unpaired) electrons. The van der Waals surface area contributed by atoms with Crippen LogP contribution in [-0.2, 0) is 6.54 Å². The first-order valence-corrected chi connectivity index (χ1v) is 6.15. The zero-order chi connectivity index (χ0) is 14.7. The number of hydrogen-bond donors (Lipinski definition) is 2. The third-order valence-corrected chi connectivity index (χ3v) is 3.12. The number of nitriles is 1. The van der Waals surface area contributed by atoms with Crippen LogP contribution in [0.4, 0.5) is 5.69 Å². The number of aryl methyl sites for hydroxylation is 1. The SMILES string of the molecule is Cc1oc(C(=O)O)cc1CNc1ccc(C#N)c(Cl)c1. The van der Waals surface area contributed by atoms with E-state index in [-0.39, 0.29) is 5.76 Å². The summed E-state index contributed by atoms with van der Waals surface area (Å²) in [5.74, 6) is -0.632. The summed E-state index contributed by atoms with van der Waals surface area (Å²) >= 11 is 5.93. The molecule has 20 heavy (non-hydrogen) atoms.